The quantitative estimate of drug-likeness (QED) is 0.848. The zero-order valence-corrected chi connectivity index (χ0v) is 11.5. The van der Waals surface area contributed by atoms with Gasteiger partial charge in [0.25, 0.3) is 0 Å². The first kappa shape index (κ1) is 15.6. The van der Waals surface area contributed by atoms with Crippen LogP contribution in [0.5, 0.6) is 0 Å². The third kappa shape index (κ3) is 2.84. The number of rotatable bonds is 4. The number of aliphatic hydroxyl groups excluding tert-OH is 1. The molecule has 0 spiro atoms. The molecule has 2 N–H and O–H groups in total. The Kier molecular flexibility index (Phi) is 4.15. The maximum atomic E-state index is 12.7. The van der Waals surface area contributed by atoms with Gasteiger partial charge in [0.15, 0.2) is 0 Å². The van der Waals surface area contributed by atoms with Gasteiger partial charge in [-0.2, -0.15) is 8.78 Å². The van der Waals surface area contributed by atoms with Crippen molar-refractivity contribution in [1.29, 1.82) is 0 Å². The monoisotopic (exact) mass is 321 g/mol. The minimum atomic E-state index is -4.86. The molecule has 9 heteroatoms. The SMILES string of the molecule is O=C(O)C1CC(O)CN1c1ccccc1S(=O)(=O)C(F)F. The number of para-hydroxylation sites is 1. The van der Waals surface area contributed by atoms with Crippen LogP contribution in [0.1, 0.15) is 6.42 Å². The van der Waals surface area contributed by atoms with Crippen LogP contribution >= 0.6 is 0 Å². The summed E-state index contributed by atoms with van der Waals surface area (Å²) in [7, 11) is -4.86. The third-order valence-corrected chi connectivity index (χ3v) is 4.71. The van der Waals surface area contributed by atoms with Crippen molar-refractivity contribution in [2.45, 2.75) is 29.2 Å². The van der Waals surface area contributed by atoms with Crippen LogP contribution in [0.3, 0.4) is 0 Å². The van der Waals surface area contributed by atoms with Crippen LogP contribution in [0.25, 0.3) is 0 Å². The minimum Gasteiger partial charge on any atom is -0.480 e. The molecule has 0 aliphatic carbocycles. The first-order valence-electron chi connectivity index (χ1n) is 6.03. The second-order valence-corrected chi connectivity index (χ2v) is 6.56. The number of carboxylic acids is 1. The fourth-order valence-electron chi connectivity index (χ4n) is 2.35. The molecule has 1 fully saturated rings. The van der Waals surface area contributed by atoms with Crippen molar-refractivity contribution < 1.29 is 32.2 Å². The van der Waals surface area contributed by atoms with Crippen LogP contribution in [-0.2, 0) is 14.6 Å². The molecule has 6 nitrogen and oxygen atoms in total. The normalized spacial score (nSPS) is 22.8. The number of anilines is 1. The molecular weight excluding hydrogens is 308 g/mol. The molecule has 0 radical (unpaired) electrons. The summed E-state index contributed by atoms with van der Waals surface area (Å²) in [5.41, 5.74) is -0.137. The van der Waals surface area contributed by atoms with Gasteiger partial charge in [-0.05, 0) is 12.1 Å². The van der Waals surface area contributed by atoms with Crippen molar-refractivity contribution >= 4 is 21.5 Å². The fraction of sp³-hybridized carbons (Fsp3) is 0.417. The number of alkyl halides is 2. The Morgan fingerprint density at radius 2 is 1.95 bits per heavy atom. The molecule has 2 unspecified atom stereocenters. The Hall–Kier alpha value is -1.74. The van der Waals surface area contributed by atoms with E-state index in [-0.39, 0.29) is 18.7 Å². The number of nitrogens with zero attached hydrogens (tertiary/aromatic N) is 1. The molecule has 0 saturated carbocycles. The van der Waals surface area contributed by atoms with Gasteiger partial charge in [-0.3, -0.25) is 0 Å². The fourth-order valence-corrected chi connectivity index (χ4v) is 3.28. The number of benzene rings is 1. The van der Waals surface area contributed by atoms with Gasteiger partial charge in [0, 0.05) is 13.0 Å². The topological polar surface area (TPSA) is 94.9 Å². The highest BCUT2D eigenvalue weighted by atomic mass is 32.2. The van der Waals surface area contributed by atoms with Gasteiger partial charge in [-0.25, -0.2) is 13.2 Å². The summed E-state index contributed by atoms with van der Waals surface area (Å²) in [5, 5.41) is 18.7. The first-order valence-corrected chi connectivity index (χ1v) is 7.58. The molecule has 116 valence electrons. The smallest absolute Gasteiger partial charge is 0.341 e. The second kappa shape index (κ2) is 5.57. The molecule has 21 heavy (non-hydrogen) atoms. The standard InChI is InChI=1S/C12H13F2NO5S/c13-12(14)21(19,20)10-4-2-1-3-8(10)15-6-7(16)5-9(15)11(17)18/h1-4,7,9,12,16H,5-6H2,(H,17,18). The first-order chi connectivity index (χ1) is 9.75. The number of aliphatic hydroxyl groups is 1. The molecule has 1 saturated heterocycles. The van der Waals surface area contributed by atoms with E-state index in [0.29, 0.717) is 0 Å². The Labute approximate surface area is 119 Å². The largest absolute Gasteiger partial charge is 0.480 e. The molecule has 2 rings (SSSR count). The predicted molar refractivity (Wildman–Crippen MR) is 69.0 cm³/mol. The number of halogens is 2. The van der Waals surface area contributed by atoms with Crippen molar-refractivity contribution in [1.82, 2.24) is 0 Å². The number of hydrogen-bond donors (Lipinski definition) is 2. The predicted octanol–water partition coefficient (Wildman–Crippen LogP) is 0.707. The van der Waals surface area contributed by atoms with E-state index in [1.165, 1.54) is 18.2 Å². The summed E-state index contributed by atoms with van der Waals surface area (Å²) < 4.78 is 48.8. The van der Waals surface area contributed by atoms with Gasteiger partial charge in [0.05, 0.1) is 16.7 Å². The average Bonchev–Trinajstić information content (AvgIpc) is 2.80. The number of carbonyl (C=O) groups is 1. The van der Waals surface area contributed by atoms with Crippen LogP contribution in [0.2, 0.25) is 0 Å². The van der Waals surface area contributed by atoms with E-state index >= 15 is 0 Å². The molecule has 1 aliphatic heterocycles. The number of β-amino-alcohol motifs (C(OH)–C–C–N with tert-alkyl or cyclic N) is 1. The molecule has 0 amide bonds. The highest BCUT2D eigenvalue weighted by Gasteiger charge is 2.39. The molecule has 1 aliphatic rings. The van der Waals surface area contributed by atoms with E-state index in [4.69, 9.17) is 5.11 Å². The van der Waals surface area contributed by atoms with E-state index in [1.54, 1.807) is 0 Å². The van der Waals surface area contributed by atoms with Crippen LogP contribution in [-0.4, -0.2) is 49.0 Å². The number of sulfone groups is 1. The lowest BCUT2D eigenvalue weighted by molar-refractivity contribution is -0.138. The Morgan fingerprint density at radius 3 is 2.52 bits per heavy atom. The number of hydrogen-bond acceptors (Lipinski definition) is 5. The van der Waals surface area contributed by atoms with Gasteiger partial charge in [-0.15, -0.1) is 0 Å². The van der Waals surface area contributed by atoms with Crippen molar-refractivity contribution in [2.75, 3.05) is 11.4 Å². The Morgan fingerprint density at radius 1 is 1.33 bits per heavy atom. The summed E-state index contributed by atoms with van der Waals surface area (Å²) in [6.45, 7) is -0.132. The summed E-state index contributed by atoms with van der Waals surface area (Å²) in [4.78, 5) is 11.7. The van der Waals surface area contributed by atoms with Gasteiger partial charge in [0.2, 0.25) is 9.84 Å². The second-order valence-electron chi connectivity index (χ2n) is 4.67. The zero-order chi connectivity index (χ0) is 15.8. The summed E-state index contributed by atoms with van der Waals surface area (Å²) in [6.07, 6.45) is -1.06. The van der Waals surface area contributed by atoms with Gasteiger partial charge in [-0.1, -0.05) is 12.1 Å². The minimum absolute atomic E-state index is 0.0988. The maximum Gasteiger partial charge on any atom is 0.341 e. The Balaban J connectivity index is 2.53. The molecular formula is C12H13F2NO5S. The maximum absolute atomic E-state index is 12.7. The zero-order valence-electron chi connectivity index (χ0n) is 10.7. The van der Waals surface area contributed by atoms with Crippen LogP contribution < -0.4 is 4.90 Å². The van der Waals surface area contributed by atoms with Crippen molar-refractivity contribution in [3.05, 3.63) is 24.3 Å². The van der Waals surface area contributed by atoms with E-state index in [1.807, 2.05) is 0 Å². The van der Waals surface area contributed by atoms with Crippen LogP contribution in [0, 0.1) is 0 Å². The third-order valence-electron chi connectivity index (χ3n) is 3.28. The van der Waals surface area contributed by atoms with E-state index in [0.717, 1.165) is 11.0 Å². The summed E-state index contributed by atoms with van der Waals surface area (Å²) >= 11 is 0. The molecule has 1 aromatic carbocycles. The highest BCUT2D eigenvalue weighted by molar-refractivity contribution is 7.91. The van der Waals surface area contributed by atoms with Crippen molar-refractivity contribution in [3.63, 3.8) is 0 Å². The lowest BCUT2D eigenvalue weighted by atomic mass is 10.2. The van der Waals surface area contributed by atoms with Crippen LogP contribution in [0.15, 0.2) is 29.2 Å². The van der Waals surface area contributed by atoms with Gasteiger partial charge >= 0.3 is 11.7 Å². The lowest BCUT2D eigenvalue weighted by Crippen LogP contribution is -2.37. The van der Waals surface area contributed by atoms with E-state index in [9.17, 15) is 27.1 Å². The lowest BCUT2D eigenvalue weighted by Gasteiger charge is -2.25. The van der Waals surface area contributed by atoms with Gasteiger partial charge in [0.1, 0.15) is 6.04 Å². The van der Waals surface area contributed by atoms with Crippen molar-refractivity contribution in [2.24, 2.45) is 0 Å². The van der Waals surface area contributed by atoms with E-state index < -0.39 is 38.6 Å². The number of carboxylic acid groups (broad SMARTS) is 1. The molecule has 1 aromatic rings. The van der Waals surface area contributed by atoms with E-state index in [2.05, 4.69) is 0 Å². The molecule has 0 aromatic heterocycles. The molecule has 2 atom stereocenters. The average molecular weight is 321 g/mol. The summed E-state index contributed by atoms with van der Waals surface area (Å²) in [6, 6.07) is 3.79. The molecule has 0 bridgehead atoms. The molecule has 1 heterocycles. The van der Waals surface area contributed by atoms with Crippen molar-refractivity contribution in [3.8, 4) is 0 Å². The number of aliphatic carboxylic acids is 1. The summed E-state index contributed by atoms with van der Waals surface area (Å²) in [5.74, 6) is -4.86. The van der Waals surface area contributed by atoms with Crippen LogP contribution in [0.4, 0.5) is 14.5 Å². The van der Waals surface area contributed by atoms with Gasteiger partial charge < -0.3 is 15.1 Å². The Bertz CT molecular complexity index is 649. The highest BCUT2D eigenvalue weighted by Crippen LogP contribution is 2.33.